The Morgan fingerprint density at radius 3 is 2.88 bits per heavy atom. The lowest BCUT2D eigenvalue weighted by Crippen LogP contribution is -2.26. The molecule has 0 spiro atoms. The van der Waals surface area contributed by atoms with Gasteiger partial charge in [-0.1, -0.05) is 0 Å². The number of aromatic nitrogens is 3. The van der Waals surface area contributed by atoms with Crippen LogP contribution in [-0.4, -0.2) is 33.2 Å². The topological polar surface area (TPSA) is 99.9 Å². The van der Waals surface area contributed by atoms with Crippen LogP contribution in [0.2, 0.25) is 0 Å². The molecule has 0 fully saturated rings. The summed E-state index contributed by atoms with van der Waals surface area (Å²) in [7, 11) is 1.79. The molecule has 0 aliphatic rings. The number of likely N-dealkylation sites (N-methyl/N-ethyl adjacent to an activating group) is 1. The van der Waals surface area contributed by atoms with Crippen LogP contribution in [0.3, 0.4) is 0 Å². The standard InChI is InChI=1S/C10H15N5O/c1-5(16)7(12-2)6-3-13-9-8(6)14-4-15-10(9)11/h3-5,7,12-13,16H,1-2H3,(H2,11,14,15). The predicted octanol–water partition coefficient (Wildman–Crippen LogP) is 0.181. The summed E-state index contributed by atoms with van der Waals surface area (Å²) in [6.45, 7) is 1.73. The van der Waals surface area contributed by atoms with E-state index in [4.69, 9.17) is 5.73 Å². The zero-order valence-corrected chi connectivity index (χ0v) is 9.23. The molecular formula is C10H15N5O. The van der Waals surface area contributed by atoms with Crippen molar-refractivity contribution < 1.29 is 5.11 Å². The fourth-order valence-corrected chi connectivity index (χ4v) is 1.87. The molecule has 2 heterocycles. The second kappa shape index (κ2) is 4.07. The second-order valence-electron chi connectivity index (χ2n) is 3.73. The highest BCUT2D eigenvalue weighted by Gasteiger charge is 2.20. The van der Waals surface area contributed by atoms with Crippen molar-refractivity contribution in [1.29, 1.82) is 0 Å². The van der Waals surface area contributed by atoms with Crippen LogP contribution < -0.4 is 11.1 Å². The van der Waals surface area contributed by atoms with Gasteiger partial charge < -0.3 is 21.1 Å². The van der Waals surface area contributed by atoms with E-state index in [2.05, 4.69) is 20.3 Å². The number of nitrogens with one attached hydrogen (secondary N) is 2. The summed E-state index contributed by atoms with van der Waals surface area (Å²) in [5.41, 5.74) is 8.06. The van der Waals surface area contributed by atoms with E-state index in [0.717, 1.165) is 11.1 Å². The third kappa shape index (κ3) is 1.62. The minimum absolute atomic E-state index is 0.178. The molecule has 16 heavy (non-hydrogen) atoms. The van der Waals surface area contributed by atoms with Gasteiger partial charge in [-0.2, -0.15) is 0 Å². The average molecular weight is 221 g/mol. The Hall–Kier alpha value is -1.66. The van der Waals surface area contributed by atoms with E-state index in [0.29, 0.717) is 11.3 Å². The van der Waals surface area contributed by atoms with Gasteiger partial charge in [-0.05, 0) is 14.0 Å². The minimum atomic E-state index is -0.514. The monoisotopic (exact) mass is 221 g/mol. The van der Waals surface area contributed by atoms with Crippen LogP contribution in [0.15, 0.2) is 12.5 Å². The Morgan fingerprint density at radius 2 is 2.25 bits per heavy atom. The number of H-pyrrole nitrogens is 1. The van der Waals surface area contributed by atoms with Crippen molar-refractivity contribution in [2.24, 2.45) is 0 Å². The first-order chi connectivity index (χ1) is 7.65. The predicted molar refractivity (Wildman–Crippen MR) is 61.8 cm³/mol. The molecular weight excluding hydrogens is 206 g/mol. The fraction of sp³-hybridized carbons (Fsp3) is 0.400. The number of aliphatic hydroxyl groups excluding tert-OH is 1. The van der Waals surface area contributed by atoms with E-state index in [9.17, 15) is 5.11 Å². The SMILES string of the molecule is CNC(c1c[nH]c2c(N)ncnc12)C(C)O. The lowest BCUT2D eigenvalue weighted by molar-refractivity contribution is 0.150. The maximum Gasteiger partial charge on any atom is 0.151 e. The van der Waals surface area contributed by atoms with Crippen molar-refractivity contribution in [2.75, 3.05) is 12.8 Å². The van der Waals surface area contributed by atoms with E-state index in [1.165, 1.54) is 6.33 Å². The molecule has 2 rings (SSSR count). The molecule has 2 aromatic rings. The quantitative estimate of drug-likeness (QED) is 0.592. The molecule has 0 aliphatic carbocycles. The van der Waals surface area contributed by atoms with Crippen LogP contribution in [0.5, 0.6) is 0 Å². The maximum absolute atomic E-state index is 9.66. The van der Waals surface area contributed by atoms with Crippen molar-refractivity contribution in [1.82, 2.24) is 20.3 Å². The number of fused-ring (bicyclic) bond motifs is 1. The number of nitrogen functional groups attached to an aromatic ring is 1. The minimum Gasteiger partial charge on any atom is -0.391 e. The first-order valence-electron chi connectivity index (χ1n) is 5.08. The van der Waals surface area contributed by atoms with Gasteiger partial charge in [0.2, 0.25) is 0 Å². The summed E-state index contributed by atoms with van der Waals surface area (Å²) in [6, 6.07) is -0.178. The van der Waals surface area contributed by atoms with Gasteiger partial charge >= 0.3 is 0 Å². The first kappa shape index (κ1) is 10.8. The van der Waals surface area contributed by atoms with Gasteiger partial charge in [-0.15, -0.1) is 0 Å². The van der Waals surface area contributed by atoms with E-state index in [-0.39, 0.29) is 6.04 Å². The van der Waals surface area contributed by atoms with Crippen LogP contribution in [0.1, 0.15) is 18.5 Å². The van der Waals surface area contributed by atoms with E-state index < -0.39 is 6.10 Å². The van der Waals surface area contributed by atoms with Crippen LogP contribution in [-0.2, 0) is 0 Å². The summed E-state index contributed by atoms with van der Waals surface area (Å²) < 4.78 is 0. The van der Waals surface area contributed by atoms with Gasteiger partial charge in [0.05, 0.1) is 17.7 Å². The molecule has 86 valence electrons. The Kier molecular flexibility index (Phi) is 2.76. The van der Waals surface area contributed by atoms with E-state index >= 15 is 0 Å². The Labute approximate surface area is 92.9 Å². The van der Waals surface area contributed by atoms with Crippen molar-refractivity contribution >= 4 is 16.9 Å². The van der Waals surface area contributed by atoms with Crippen LogP contribution in [0, 0.1) is 0 Å². The van der Waals surface area contributed by atoms with Crippen molar-refractivity contribution in [2.45, 2.75) is 19.1 Å². The highest BCUT2D eigenvalue weighted by molar-refractivity contribution is 5.87. The molecule has 2 atom stereocenters. The number of rotatable bonds is 3. The Bertz CT molecular complexity index is 493. The molecule has 0 saturated heterocycles. The molecule has 0 saturated carbocycles. The van der Waals surface area contributed by atoms with Gasteiger partial charge in [-0.3, -0.25) is 0 Å². The van der Waals surface area contributed by atoms with E-state index in [1.807, 2.05) is 0 Å². The summed E-state index contributed by atoms with van der Waals surface area (Å²) in [4.78, 5) is 11.1. The Balaban J connectivity index is 2.57. The third-order valence-electron chi connectivity index (χ3n) is 2.65. The average Bonchev–Trinajstić information content (AvgIpc) is 2.64. The molecule has 0 amide bonds. The molecule has 0 aliphatic heterocycles. The van der Waals surface area contributed by atoms with Gasteiger partial charge in [0.1, 0.15) is 11.8 Å². The maximum atomic E-state index is 9.66. The number of aromatic amines is 1. The molecule has 2 aromatic heterocycles. The van der Waals surface area contributed by atoms with Crippen molar-refractivity contribution in [3.63, 3.8) is 0 Å². The molecule has 0 bridgehead atoms. The van der Waals surface area contributed by atoms with Crippen LogP contribution >= 0.6 is 0 Å². The molecule has 0 radical (unpaired) electrons. The van der Waals surface area contributed by atoms with Gasteiger partial charge in [0.15, 0.2) is 5.82 Å². The number of anilines is 1. The fourth-order valence-electron chi connectivity index (χ4n) is 1.87. The molecule has 6 nitrogen and oxygen atoms in total. The van der Waals surface area contributed by atoms with Gasteiger partial charge in [0, 0.05) is 11.8 Å². The summed E-state index contributed by atoms with van der Waals surface area (Å²) >= 11 is 0. The highest BCUT2D eigenvalue weighted by atomic mass is 16.3. The smallest absolute Gasteiger partial charge is 0.151 e. The number of aliphatic hydroxyl groups is 1. The number of hydrogen-bond acceptors (Lipinski definition) is 5. The van der Waals surface area contributed by atoms with Gasteiger partial charge in [-0.25, -0.2) is 9.97 Å². The third-order valence-corrected chi connectivity index (χ3v) is 2.65. The summed E-state index contributed by atoms with van der Waals surface area (Å²) in [5, 5.41) is 12.7. The van der Waals surface area contributed by atoms with Crippen LogP contribution in [0.4, 0.5) is 5.82 Å². The molecule has 5 N–H and O–H groups in total. The molecule has 0 aromatic carbocycles. The van der Waals surface area contributed by atoms with Crippen molar-refractivity contribution in [3.05, 3.63) is 18.1 Å². The lowest BCUT2D eigenvalue weighted by Gasteiger charge is -2.18. The van der Waals surface area contributed by atoms with E-state index in [1.54, 1.807) is 20.2 Å². The normalized spacial score (nSPS) is 15.2. The number of nitrogens with two attached hydrogens (primary N) is 1. The largest absolute Gasteiger partial charge is 0.391 e. The zero-order valence-electron chi connectivity index (χ0n) is 9.23. The zero-order chi connectivity index (χ0) is 11.7. The molecule has 6 heteroatoms. The number of nitrogens with zero attached hydrogens (tertiary/aromatic N) is 2. The molecule has 2 unspecified atom stereocenters. The number of hydrogen-bond donors (Lipinski definition) is 4. The Morgan fingerprint density at radius 1 is 1.50 bits per heavy atom. The highest BCUT2D eigenvalue weighted by Crippen LogP contribution is 2.26. The second-order valence-corrected chi connectivity index (χ2v) is 3.73. The first-order valence-corrected chi connectivity index (χ1v) is 5.08. The van der Waals surface area contributed by atoms with Gasteiger partial charge in [0.25, 0.3) is 0 Å². The summed E-state index contributed by atoms with van der Waals surface area (Å²) in [6.07, 6.45) is 2.70. The van der Waals surface area contributed by atoms with Crippen LogP contribution in [0.25, 0.3) is 11.0 Å². The summed E-state index contributed by atoms with van der Waals surface area (Å²) in [5.74, 6) is 0.414. The van der Waals surface area contributed by atoms with Crippen molar-refractivity contribution in [3.8, 4) is 0 Å². The lowest BCUT2D eigenvalue weighted by atomic mass is 10.1.